The van der Waals surface area contributed by atoms with Crippen LogP contribution in [0.4, 0.5) is 16.0 Å². The van der Waals surface area contributed by atoms with Gasteiger partial charge >= 0.3 is 0 Å². The fourth-order valence-electron chi connectivity index (χ4n) is 5.79. The second-order valence-corrected chi connectivity index (χ2v) is 10.9. The van der Waals surface area contributed by atoms with Crippen molar-refractivity contribution in [3.8, 4) is 11.1 Å². The first-order valence-corrected chi connectivity index (χ1v) is 13.6. The number of aromatic nitrogens is 2. The Labute approximate surface area is 222 Å². The molecule has 0 saturated heterocycles. The fourth-order valence-corrected chi connectivity index (χ4v) is 5.79. The molecular formula is C31H33FN4O2. The number of nitrogens with zero attached hydrogens (tertiary/aromatic N) is 4. The molecule has 1 aromatic heterocycles. The van der Waals surface area contributed by atoms with Crippen molar-refractivity contribution in [2.75, 3.05) is 24.5 Å². The fraction of sp³-hybridized carbons (Fsp3) is 0.387. The van der Waals surface area contributed by atoms with Gasteiger partial charge in [0.25, 0.3) is 5.91 Å². The highest BCUT2D eigenvalue weighted by atomic mass is 19.1. The average molecular weight is 513 g/mol. The zero-order chi connectivity index (χ0) is 26.3. The molecule has 1 aliphatic carbocycles. The van der Waals surface area contributed by atoms with E-state index in [1.54, 1.807) is 30.6 Å². The van der Waals surface area contributed by atoms with Crippen molar-refractivity contribution in [2.45, 2.75) is 57.0 Å². The second kappa shape index (κ2) is 9.95. The summed E-state index contributed by atoms with van der Waals surface area (Å²) in [5.41, 5.74) is 5.49. The van der Waals surface area contributed by atoms with E-state index >= 15 is 0 Å². The Hall–Kier alpha value is -3.58. The van der Waals surface area contributed by atoms with Crippen molar-refractivity contribution in [1.82, 2.24) is 14.9 Å². The smallest absolute Gasteiger partial charge is 0.253 e. The van der Waals surface area contributed by atoms with Crippen LogP contribution < -0.4 is 4.90 Å². The normalized spacial score (nSPS) is 18.7. The van der Waals surface area contributed by atoms with Gasteiger partial charge in [-0.1, -0.05) is 35.9 Å². The lowest BCUT2D eigenvalue weighted by atomic mass is 9.97. The van der Waals surface area contributed by atoms with Gasteiger partial charge in [-0.15, -0.1) is 0 Å². The van der Waals surface area contributed by atoms with Crippen molar-refractivity contribution < 1.29 is 14.3 Å². The van der Waals surface area contributed by atoms with Gasteiger partial charge in [-0.25, -0.2) is 14.4 Å². The van der Waals surface area contributed by atoms with Crippen LogP contribution in [-0.2, 0) is 5.41 Å². The molecule has 0 bridgehead atoms. The highest BCUT2D eigenvalue weighted by Gasteiger charge is 2.52. The number of hydrogen-bond acceptors (Lipinski definition) is 5. The van der Waals surface area contributed by atoms with Crippen LogP contribution in [0.25, 0.3) is 11.1 Å². The van der Waals surface area contributed by atoms with E-state index in [2.05, 4.69) is 27.0 Å². The molecule has 1 atom stereocenters. The predicted molar refractivity (Wildman–Crippen MR) is 146 cm³/mol. The Morgan fingerprint density at radius 2 is 1.92 bits per heavy atom. The van der Waals surface area contributed by atoms with Crippen molar-refractivity contribution >= 4 is 17.5 Å². The van der Waals surface area contributed by atoms with Gasteiger partial charge in [-0.3, -0.25) is 4.79 Å². The van der Waals surface area contributed by atoms with E-state index in [0.29, 0.717) is 35.7 Å². The summed E-state index contributed by atoms with van der Waals surface area (Å²) in [7, 11) is 0. The second-order valence-electron chi connectivity index (χ2n) is 10.9. The minimum absolute atomic E-state index is 0.0468. The van der Waals surface area contributed by atoms with E-state index in [1.165, 1.54) is 17.2 Å². The van der Waals surface area contributed by atoms with Crippen molar-refractivity contribution in [2.24, 2.45) is 0 Å². The van der Waals surface area contributed by atoms with Crippen LogP contribution in [0.1, 0.15) is 61.4 Å². The number of halogens is 1. The molecule has 1 N–H and O–H groups in total. The SMILES string of the molecule is C[C@@H](O)CCC1=CCCN(C(=O)c2ccc3c(c2)N(c2ncc(-c4ccccc4F)cn2)CC32CC2)CC1. The van der Waals surface area contributed by atoms with Crippen molar-refractivity contribution in [1.29, 1.82) is 0 Å². The Morgan fingerprint density at radius 1 is 1.13 bits per heavy atom. The molecule has 38 heavy (non-hydrogen) atoms. The zero-order valence-corrected chi connectivity index (χ0v) is 21.7. The minimum atomic E-state index is -0.305. The number of hydrogen-bond donors (Lipinski definition) is 1. The van der Waals surface area contributed by atoms with Crippen LogP contribution in [0.3, 0.4) is 0 Å². The minimum Gasteiger partial charge on any atom is -0.393 e. The van der Waals surface area contributed by atoms with E-state index in [0.717, 1.165) is 50.8 Å². The summed E-state index contributed by atoms with van der Waals surface area (Å²) in [4.78, 5) is 26.8. The third-order valence-corrected chi connectivity index (χ3v) is 8.19. The number of fused-ring (bicyclic) bond motifs is 2. The average Bonchev–Trinajstić information content (AvgIpc) is 3.69. The quantitative estimate of drug-likeness (QED) is 0.424. The standard InChI is InChI=1S/C31H33FN4O2/c1-21(37)8-9-22-5-4-15-35(16-12-22)29(38)23-10-11-26-28(17-23)36(20-31(26)13-14-31)30-33-18-24(19-34-30)25-6-2-3-7-27(25)32/h2-3,5-7,10-11,17-19,21,37H,4,8-9,12-16,20H2,1H3/t21-/m1/s1. The highest BCUT2D eigenvalue weighted by molar-refractivity contribution is 5.96. The molecule has 196 valence electrons. The third kappa shape index (κ3) is 4.71. The van der Waals surface area contributed by atoms with Crippen molar-refractivity contribution in [3.05, 3.63) is 83.5 Å². The van der Waals surface area contributed by atoms with E-state index < -0.39 is 0 Å². The molecule has 3 aliphatic rings. The number of carbonyl (C=O) groups is 1. The lowest BCUT2D eigenvalue weighted by Crippen LogP contribution is -2.32. The molecular weight excluding hydrogens is 479 g/mol. The van der Waals surface area contributed by atoms with E-state index in [1.807, 2.05) is 24.0 Å². The zero-order valence-electron chi connectivity index (χ0n) is 21.7. The molecule has 2 aliphatic heterocycles. The summed E-state index contributed by atoms with van der Waals surface area (Å²) in [5.74, 6) is 0.321. The molecule has 1 amide bonds. The number of carbonyl (C=O) groups excluding carboxylic acids is 1. The Balaban J connectivity index is 1.22. The summed E-state index contributed by atoms with van der Waals surface area (Å²) in [6.07, 6.45) is 10.8. The van der Waals surface area contributed by atoms with Gasteiger partial charge in [0.1, 0.15) is 5.82 Å². The Bertz CT molecular complexity index is 1380. The topological polar surface area (TPSA) is 69.6 Å². The van der Waals surface area contributed by atoms with E-state index in [-0.39, 0.29) is 23.2 Å². The first kappa shape index (κ1) is 24.7. The number of amides is 1. The maximum atomic E-state index is 14.3. The molecule has 6 nitrogen and oxygen atoms in total. The number of benzene rings is 2. The van der Waals surface area contributed by atoms with Crippen molar-refractivity contribution in [3.63, 3.8) is 0 Å². The lowest BCUT2D eigenvalue weighted by Gasteiger charge is -2.22. The van der Waals surface area contributed by atoms with E-state index in [9.17, 15) is 14.3 Å². The molecule has 3 heterocycles. The lowest BCUT2D eigenvalue weighted by molar-refractivity contribution is 0.0763. The molecule has 1 saturated carbocycles. The van der Waals surface area contributed by atoms with Gasteiger partial charge in [0.15, 0.2) is 0 Å². The number of aliphatic hydroxyl groups is 1. The first-order valence-electron chi connectivity index (χ1n) is 13.6. The van der Waals surface area contributed by atoms with Gasteiger partial charge in [0, 0.05) is 59.8 Å². The number of rotatable bonds is 6. The van der Waals surface area contributed by atoms with Gasteiger partial charge < -0.3 is 14.9 Å². The summed E-state index contributed by atoms with van der Waals surface area (Å²) in [6, 6.07) is 12.7. The molecule has 2 aromatic carbocycles. The maximum Gasteiger partial charge on any atom is 0.253 e. The molecule has 0 radical (unpaired) electrons. The summed E-state index contributed by atoms with van der Waals surface area (Å²) in [5, 5.41) is 9.62. The maximum absolute atomic E-state index is 14.3. The van der Waals surface area contributed by atoms with Crippen LogP contribution in [0, 0.1) is 5.82 Å². The van der Waals surface area contributed by atoms with Crippen LogP contribution >= 0.6 is 0 Å². The van der Waals surface area contributed by atoms with E-state index in [4.69, 9.17) is 0 Å². The van der Waals surface area contributed by atoms with Crippen LogP contribution in [-0.4, -0.2) is 51.6 Å². The molecule has 1 fully saturated rings. The number of aliphatic hydroxyl groups excluding tert-OH is 1. The number of anilines is 2. The van der Waals surface area contributed by atoms with Gasteiger partial charge in [-0.05, 0) is 69.2 Å². The van der Waals surface area contributed by atoms with Gasteiger partial charge in [0.05, 0.1) is 6.10 Å². The molecule has 1 spiro atoms. The predicted octanol–water partition coefficient (Wildman–Crippen LogP) is 5.79. The summed E-state index contributed by atoms with van der Waals surface area (Å²) >= 11 is 0. The third-order valence-electron chi connectivity index (χ3n) is 8.19. The highest BCUT2D eigenvalue weighted by Crippen LogP contribution is 2.57. The summed E-state index contributed by atoms with van der Waals surface area (Å²) < 4.78 is 14.3. The van der Waals surface area contributed by atoms with Gasteiger partial charge in [-0.2, -0.15) is 0 Å². The van der Waals surface area contributed by atoms with Crippen LogP contribution in [0.2, 0.25) is 0 Å². The molecule has 0 unspecified atom stereocenters. The van der Waals surface area contributed by atoms with Crippen LogP contribution in [0.15, 0.2) is 66.5 Å². The summed E-state index contributed by atoms with van der Waals surface area (Å²) in [6.45, 7) is 4.00. The Morgan fingerprint density at radius 3 is 2.66 bits per heavy atom. The monoisotopic (exact) mass is 512 g/mol. The van der Waals surface area contributed by atoms with Gasteiger partial charge in [0.2, 0.25) is 5.95 Å². The first-order chi connectivity index (χ1) is 18.4. The Kier molecular flexibility index (Phi) is 6.48. The largest absolute Gasteiger partial charge is 0.393 e. The molecule has 6 rings (SSSR count). The molecule has 7 heteroatoms. The molecule has 3 aromatic rings. The van der Waals surface area contributed by atoms with Crippen LogP contribution in [0.5, 0.6) is 0 Å².